The monoisotopic (exact) mass is 298 g/mol. The molecule has 0 aliphatic carbocycles. The fraction of sp³-hybridized carbons (Fsp3) is 0.133. The highest BCUT2D eigenvalue weighted by atomic mass is 16.4. The average Bonchev–Trinajstić information content (AvgIpc) is 3.03. The van der Waals surface area contributed by atoms with Crippen molar-refractivity contribution < 1.29 is 9.90 Å². The Kier molecular flexibility index (Phi) is 3.17. The minimum absolute atomic E-state index is 0.000671. The number of carboxylic acid groups (broad SMARTS) is 1. The summed E-state index contributed by atoms with van der Waals surface area (Å²) in [5, 5.41) is 12.9. The number of carbonyl (C=O) groups is 1. The van der Waals surface area contributed by atoms with Crippen LogP contribution in [0.25, 0.3) is 16.9 Å². The van der Waals surface area contributed by atoms with Crippen molar-refractivity contribution in [3.05, 3.63) is 58.4 Å². The Labute approximate surface area is 125 Å². The fourth-order valence-corrected chi connectivity index (χ4v) is 2.40. The molecule has 3 aromatic rings. The van der Waals surface area contributed by atoms with Crippen molar-refractivity contribution in [3.8, 4) is 16.9 Å². The van der Waals surface area contributed by atoms with Crippen LogP contribution in [0.2, 0.25) is 0 Å². The Morgan fingerprint density at radius 2 is 1.95 bits per heavy atom. The number of aromatic amines is 1. The van der Waals surface area contributed by atoms with Gasteiger partial charge in [0.2, 0.25) is 0 Å². The molecule has 2 N–H and O–H groups in total. The second kappa shape index (κ2) is 5.03. The zero-order valence-corrected chi connectivity index (χ0v) is 12.1. The molecule has 22 heavy (non-hydrogen) atoms. The predicted octanol–water partition coefficient (Wildman–Crippen LogP) is 1.57. The average molecular weight is 298 g/mol. The number of rotatable bonds is 3. The molecule has 0 spiro atoms. The number of hydrogen-bond donors (Lipinski definition) is 2. The molecule has 0 fully saturated rings. The molecule has 112 valence electrons. The Hall–Kier alpha value is -3.09. The third-order valence-electron chi connectivity index (χ3n) is 3.48. The van der Waals surface area contributed by atoms with Crippen molar-refractivity contribution in [2.45, 2.75) is 6.92 Å². The number of carboxylic acids is 1. The summed E-state index contributed by atoms with van der Waals surface area (Å²) in [6.07, 6.45) is 1.65. The van der Waals surface area contributed by atoms with Gasteiger partial charge in [-0.2, -0.15) is 5.10 Å². The Bertz CT molecular complexity index is 900. The molecule has 0 saturated carbocycles. The molecule has 1 aromatic carbocycles. The summed E-state index contributed by atoms with van der Waals surface area (Å²) in [6, 6.07) is 8.80. The van der Waals surface area contributed by atoms with E-state index in [4.69, 9.17) is 5.11 Å². The van der Waals surface area contributed by atoms with Gasteiger partial charge in [-0.15, -0.1) is 0 Å². The van der Waals surface area contributed by atoms with Gasteiger partial charge in [-0.3, -0.25) is 9.25 Å². The van der Waals surface area contributed by atoms with Crippen LogP contribution in [0.5, 0.6) is 0 Å². The van der Waals surface area contributed by atoms with E-state index in [0.717, 1.165) is 16.9 Å². The van der Waals surface area contributed by atoms with Crippen LogP contribution in [0, 0.1) is 6.92 Å². The second-order valence-electron chi connectivity index (χ2n) is 4.96. The first kappa shape index (κ1) is 13.9. The largest absolute Gasteiger partial charge is 0.476 e. The van der Waals surface area contributed by atoms with Crippen LogP contribution in [-0.2, 0) is 7.05 Å². The molecule has 0 radical (unpaired) electrons. The molecule has 0 saturated heterocycles. The van der Waals surface area contributed by atoms with E-state index in [1.807, 2.05) is 31.2 Å². The summed E-state index contributed by atoms with van der Waals surface area (Å²) in [5.74, 6) is -1.06. The molecule has 0 aliphatic heterocycles. The third kappa shape index (κ3) is 2.22. The Morgan fingerprint density at radius 3 is 2.45 bits per heavy atom. The molecule has 3 rings (SSSR count). The maximum absolute atomic E-state index is 11.8. The standard InChI is InChI=1S/C15H14N4O3/c1-9-8-16-15(22)19(9)11-5-3-10(4-6-11)13-7-12(14(20)21)17-18(13)2/h3-8H,1-2H3,(H,16,22)(H,20,21). The lowest BCUT2D eigenvalue weighted by Gasteiger charge is -2.06. The quantitative estimate of drug-likeness (QED) is 0.767. The van der Waals surface area contributed by atoms with Crippen molar-refractivity contribution in [2.75, 3.05) is 0 Å². The molecule has 0 bridgehead atoms. The Balaban J connectivity index is 2.02. The minimum Gasteiger partial charge on any atom is -0.476 e. The maximum Gasteiger partial charge on any atom is 0.356 e. The Morgan fingerprint density at radius 1 is 1.27 bits per heavy atom. The van der Waals surface area contributed by atoms with Gasteiger partial charge in [-0.05, 0) is 30.7 Å². The number of aryl methyl sites for hydroxylation is 2. The third-order valence-corrected chi connectivity index (χ3v) is 3.48. The van der Waals surface area contributed by atoms with Gasteiger partial charge in [-0.25, -0.2) is 9.59 Å². The predicted molar refractivity (Wildman–Crippen MR) is 80.3 cm³/mol. The topological polar surface area (TPSA) is 92.9 Å². The molecular weight excluding hydrogens is 284 g/mol. The minimum atomic E-state index is -1.06. The smallest absolute Gasteiger partial charge is 0.356 e. The van der Waals surface area contributed by atoms with Gasteiger partial charge in [-0.1, -0.05) is 12.1 Å². The van der Waals surface area contributed by atoms with E-state index in [9.17, 15) is 9.59 Å². The van der Waals surface area contributed by atoms with Crippen LogP contribution in [0.3, 0.4) is 0 Å². The molecule has 0 aliphatic rings. The summed E-state index contributed by atoms with van der Waals surface area (Å²) < 4.78 is 3.09. The number of aromatic carboxylic acids is 1. The fourth-order valence-electron chi connectivity index (χ4n) is 2.40. The highest BCUT2D eigenvalue weighted by Crippen LogP contribution is 2.21. The summed E-state index contributed by atoms with van der Waals surface area (Å²) in [6.45, 7) is 1.84. The van der Waals surface area contributed by atoms with E-state index in [1.165, 1.54) is 10.7 Å². The number of hydrogen-bond acceptors (Lipinski definition) is 3. The van der Waals surface area contributed by atoms with Gasteiger partial charge in [0.15, 0.2) is 5.69 Å². The number of aromatic nitrogens is 4. The van der Waals surface area contributed by atoms with E-state index in [-0.39, 0.29) is 11.4 Å². The van der Waals surface area contributed by atoms with Gasteiger partial charge in [0, 0.05) is 18.9 Å². The summed E-state index contributed by atoms with van der Waals surface area (Å²) in [4.78, 5) is 25.4. The second-order valence-corrected chi connectivity index (χ2v) is 4.96. The summed E-state index contributed by atoms with van der Waals surface area (Å²) in [5.41, 5.74) is 2.88. The van der Waals surface area contributed by atoms with E-state index < -0.39 is 5.97 Å². The highest BCUT2D eigenvalue weighted by Gasteiger charge is 2.13. The van der Waals surface area contributed by atoms with Crippen molar-refractivity contribution in [1.29, 1.82) is 0 Å². The van der Waals surface area contributed by atoms with Gasteiger partial charge < -0.3 is 10.1 Å². The first-order valence-corrected chi connectivity index (χ1v) is 6.62. The van der Waals surface area contributed by atoms with Crippen LogP contribution in [0.4, 0.5) is 0 Å². The number of imidazole rings is 1. The molecule has 7 nitrogen and oxygen atoms in total. The molecular formula is C15H14N4O3. The normalized spacial score (nSPS) is 10.8. The van der Waals surface area contributed by atoms with Gasteiger partial charge >= 0.3 is 11.7 Å². The van der Waals surface area contributed by atoms with Crippen molar-refractivity contribution >= 4 is 5.97 Å². The molecule has 2 aromatic heterocycles. The molecule has 2 heterocycles. The number of nitrogens with zero attached hydrogens (tertiary/aromatic N) is 3. The first-order chi connectivity index (χ1) is 10.5. The van der Waals surface area contributed by atoms with Crippen LogP contribution < -0.4 is 5.69 Å². The van der Waals surface area contributed by atoms with Crippen molar-refractivity contribution in [3.63, 3.8) is 0 Å². The van der Waals surface area contributed by atoms with E-state index in [0.29, 0.717) is 5.69 Å². The van der Waals surface area contributed by atoms with Crippen LogP contribution in [0.1, 0.15) is 16.2 Å². The van der Waals surface area contributed by atoms with Crippen molar-refractivity contribution in [2.24, 2.45) is 7.05 Å². The number of benzene rings is 1. The zero-order chi connectivity index (χ0) is 15.9. The van der Waals surface area contributed by atoms with Crippen molar-refractivity contribution in [1.82, 2.24) is 19.3 Å². The lowest BCUT2D eigenvalue weighted by molar-refractivity contribution is 0.0689. The lowest BCUT2D eigenvalue weighted by atomic mass is 10.1. The first-order valence-electron chi connectivity index (χ1n) is 6.62. The molecule has 7 heteroatoms. The summed E-state index contributed by atoms with van der Waals surface area (Å²) in [7, 11) is 1.69. The highest BCUT2D eigenvalue weighted by molar-refractivity contribution is 5.87. The molecule has 0 unspecified atom stereocenters. The van der Waals surface area contributed by atoms with E-state index >= 15 is 0 Å². The lowest BCUT2D eigenvalue weighted by Crippen LogP contribution is -2.15. The number of H-pyrrole nitrogens is 1. The molecule has 0 atom stereocenters. The van der Waals surface area contributed by atoms with Crippen LogP contribution in [-0.4, -0.2) is 30.4 Å². The zero-order valence-electron chi connectivity index (χ0n) is 12.1. The van der Waals surface area contributed by atoms with Crippen LogP contribution >= 0.6 is 0 Å². The number of nitrogens with one attached hydrogen (secondary N) is 1. The van der Waals surface area contributed by atoms with Gasteiger partial charge in [0.25, 0.3) is 0 Å². The van der Waals surface area contributed by atoms with Crippen LogP contribution in [0.15, 0.2) is 41.3 Å². The SMILES string of the molecule is Cc1c[nH]c(=O)n1-c1ccc(-c2cc(C(=O)O)nn2C)cc1. The molecule has 0 amide bonds. The van der Waals surface area contributed by atoms with Gasteiger partial charge in [0.1, 0.15) is 0 Å². The van der Waals surface area contributed by atoms with E-state index in [2.05, 4.69) is 10.1 Å². The maximum atomic E-state index is 11.8. The van der Waals surface area contributed by atoms with E-state index in [1.54, 1.807) is 17.8 Å². The summed E-state index contributed by atoms with van der Waals surface area (Å²) >= 11 is 0. The van der Waals surface area contributed by atoms with Gasteiger partial charge in [0.05, 0.1) is 11.4 Å².